The van der Waals surface area contributed by atoms with Crippen molar-refractivity contribution in [1.29, 1.82) is 0 Å². The van der Waals surface area contributed by atoms with Gasteiger partial charge in [-0.3, -0.25) is 4.79 Å². The van der Waals surface area contributed by atoms with E-state index in [0.717, 1.165) is 0 Å². The molecule has 6 heteroatoms. The number of carbonyl (C=O) groups excluding carboxylic acids is 1. The largest absolute Gasteiger partial charge is 0.391 e. The molecule has 0 aliphatic rings. The summed E-state index contributed by atoms with van der Waals surface area (Å²) in [5, 5.41) is 16.4. The monoisotopic (exact) mass is 283 g/mol. The van der Waals surface area contributed by atoms with Gasteiger partial charge in [0.2, 0.25) is 11.8 Å². The summed E-state index contributed by atoms with van der Waals surface area (Å²) in [4.78, 5) is 15.9. The number of carbonyl (C=O) groups is 1. The van der Waals surface area contributed by atoms with Crippen molar-refractivity contribution in [3.05, 3.63) is 11.7 Å². The lowest BCUT2D eigenvalue weighted by molar-refractivity contribution is -0.121. The van der Waals surface area contributed by atoms with Gasteiger partial charge in [0.25, 0.3) is 0 Å². The van der Waals surface area contributed by atoms with Gasteiger partial charge in [-0.25, -0.2) is 0 Å². The molecule has 1 rings (SSSR count). The van der Waals surface area contributed by atoms with E-state index in [0.29, 0.717) is 18.1 Å². The number of rotatable bonds is 6. The lowest BCUT2D eigenvalue weighted by Gasteiger charge is -2.25. The summed E-state index contributed by atoms with van der Waals surface area (Å²) >= 11 is 0. The van der Waals surface area contributed by atoms with Crippen LogP contribution in [-0.2, 0) is 11.2 Å². The third kappa shape index (κ3) is 5.28. The number of nitrogens with zero attached hydrogens (tertiary/aromatic N) is 2. The van der Waals surface area contributed by atoms with Gasteiger partial charge in [0.1, 0.15) is 0 Å². The zero-order valence-corrected chi connectivity index (χ0v) is 12.9. The SMILES string of the molecule is CC(C)c1noc(CCC(=O)NCC(O)C(C)(C)C)n1. The van der Waals surface area contributed by atoms with E-state index in [1.165, 1.54) is 0 Å². The Kier molecular flexibility index (Phi) is 5.68. The van der Waals surface area contributed by atoms with Crippen molar-refractivity contribution >= 4 is 5.91 Å². The van der Waals surface area contributed by atoms with Gasteiger partial charge in [-0.2, -0.15) is 4.98 Å². The molecular formula is C14H25N3O3. The topological polar surface area (TPSA) is 88.2 Å². The number of aryl methyl sites for hydroxylation is 1. The molecule has 1 amide bonds. The van der Waals surface area contributed by atoms with E-state index in [4.69, 9.17) is 4.52 Å². The first-order chi connectivity index (χ1) is 9.20. The van der Waals surface area contributed by atoms with Gasteiger partial charge in [-0.05, 0) is 5.41 Å². The predicted octanol–water partition coefficient (Wildman–Crippen LogP) is 1.65. The summed E-state index contributed by atoms with van der Waals surface area (Å²) < 4.78 is 5.07. The van der Waals surface area contributed by atoms with E-state index in [1.807, 2.05) is 34.6 Å². The molecular weight excluding hydrogens is 258 g/mol. The molecule has 1 unspecified atom stereocenters. The number of nitrogens with one attached hydrogen (secondary N) is 1. The average Bonchev–Trinajstić information content (AvgIpc) is 2.81. The Labute approximate surface area is 120 Å². The summed E-state index contributed by atoms with van der Waals surface area (Å²) in [6, 6.07) is 0. The number of hydrogen-bond acceptors (Lipinski definition) is 5. The van der Waals surface area contributed by atoms with Crippen molar-refractivity contribution in [3.8, 4) is 0 Å². The first-order valence-electron chi connectivity index (χ1n) is 6.97. The number of aromatic nitrogens is 2. The van der Waals surface area contributed by atoms with Crippen LogP contribution in [0.15, 0.2) is 4.52 Å². The summed E-state index contributed by atoms with van der Waals surface area (Å²) in [6.45, 7) is 10.00. The van der Waals surface area contributed by atoms with Crippen molar-refractivity contribution in [3.63, 3.8) is 0 Å². The van der Waals surface area contributed by atoms with Crippen LogP contribution < -0.4 is 5.32 Å². The molecule has 114 valence electrons. The standard InChI is InChI=1S/C14H25N3O3/c1-9(2)13-16-12(20-17-13)7-6-11(19)15-8-10(18)14(3,4)5/h9-10,18H,6-8H2,1-5H3,(H,15,19). The van der Waals surface area contributed by atoms with Gasteiger partial charge >= 0.3 is 0 Å². The van der Waals surface area contributed by atoms with Gasteiger partial charge in [0, 0.05) is 25.3 Å². The molecule has 1 atom stereocenters. The highest BCUT2D eigenvalue weighted by Crippen LogP contribution is 2.18. The van der Waals surface area contributed by atoms with Gasteiger partial charge in [-0.1, -0.05) is 39.8 Å². The van der Waals surface area contributed by atoms with Crippen LogP contribution in [0, 0.1) is 5.41 Å². The molecule has 1 heterocycles. The number of aliphatic hydroxyl groups excluding tert-OH is 1. The minimum atomic E-state index is -0.567. The Hall–Kier alpha value is -1.43. The summed E-state index contributed by atoms with van der Waals surface area (Å²) in [5.74, 6) is 1.21. The Morgan fingerprint density at radius 2 is 2.05 bits per heavy atom. The van der Waals surface area contributed by atoms with Gasteiger partial charge in [0.05, 0.1) is 6.10 Å². The zero-order valence-electron chi connectivity index (χ0n) is 12.9. The molecule has 0 aromatic carbocycles. The van der Waals surface area contributed by atoms with E-state index in [-0.39, 0.29) is 30.2 Å². The zero-order chi connectivity index (χ0) is 15.3. The highest BCUT2D eigenvalue weighted by Gasteiger charge is 2.22. The highest BCUT2D eigenvalue weighted by molar-refractivity contribution is 5.76. The van der Waals surface area contributed by atoms with Crippen LogP contribution in [-0.4, -0.2) is 33.8 Å². The fourth-order valence-corrected chi connectivity index (χ4v) is 1.43. The third-order valence-electron chi connectivity index (χ3n) is 3.06. The maximum atomic E-state index is 11.7. The smallest absolute Gasteiger partial charge is 0.227 e. The van der Waals surface area contributed by atoms with Crippen LogP contribution in [0.1, 0.15) is 58.7 Å². The summed E-state index contributed by atoms with van der Waals surface area (Å²) in [6.07, 6.45) is 0.121. The number of aliphatic hydroxyl groups is 1. The first kappa shape index (κ1) is 16.6. The molecule has 0 spiro atoms. The fraction of sp³-hybridized carbons (Fsp3) is 0.786. The normalized spacial score (nSPS) is 13.6. The Bertz CT molecular complexity index is 435. The maximum Gasteiger partial charge on any atom is 0.227 e. The van der Waals surface area contributed by atoms with Crippen LogP contribution >= 0.6 is 0 Å². The van der Waals surface area contributed by atoms with Crippen molar-refractivity contribution in [2.75, 3.05) is 6.54 Å². The molecule has 0 saturated heterocycles. The average molecular weight is 283 g/mol. The Morgan fingerprint density at radius 3 is 2.55 bits per heavy atom. The van der Waals surface area contributed by atoms with Crippen molar-refractivity contribution in [2.45, 2.75) is 59.5 Å². The second kappa shape index (κ2) is 6.83. The lowest BCUT2D eigenvalue weighted by atomic mass is 9.89. The first-order valence-corrected chi connectivity index (χ1v) is 6.97. The van der Waals surface area contributed by atoms with E-state index < -0.39 is 6.10 Å². The summed E-state index contributed by atoms with van der Waals surface area (Å²) in [5.41, 5.74) is -0.244. The van der Waals surface area contributed by atoms with Gasteiger partial charge in [0.15, 0.2) is 5.82 Å². The van der Waals surface area contributed by atoms with Gasteiger partial charge < -0.3 is 14.9 Å². The Balaban J connectivity index is 2.32. The van der Waals surface area contributed by atoms with Crippen LogP contribution in [0.4, 0.5) is 0 Å². The molecule has 2 N–H and O–H groups in total. The lowest BCUT2D eigenvalue weighted by Crippen LogP contribution is -2.39. The fourth-order valence-electron chi connectivity index (χ4n) is 1.43. The van der Waals surface area contributed by atoms with E-state index in [9.17, 15) is 9.90 Å². The molecule has 0 fully saturated rings. The second-order valence-electron chi connectivity index (χ2n) is 6.39. The summed E-state index contributed by atoms with van der Waals surface area (Å²) in [7, 11) is 0. The van der Waals surface area contributed by atoms with Crippen molar-refractivity contribution in [1.82, 2.24) is 15.5 Å². The molecule has 0 bridgehead atoms. The van der Waals surface area contributed by atoms with Crippen LogP contribution in [0.25, 0.3) is 0 Å². The maximum absolute atomic E-state index is 11.7. The van der Waals surface area contributed by atoms with Crippen LogP contribution in [0.5, 0.6) is 0 Å². The minimum Gasteiger partial charge on any atom is -0.391 e. The molecule has 1 aromatic heterocycles. The molecule has 0 saturated carbocycles. The quantitative estimate of drug-likeness (QED) is 0.828. The second-order valence-corrected chi connectivity index (χ2v) is 6.39. The molecule has 0 aliphatic heterocycles. The molecule has 6 nitrogen and oxygen atoms in total. The predicted molar refractivity (Wildman–Crippen MR) is 75.2 cm³/mol. The molecule has 1 aromatic rings. The number of hydrogen-bond donors (Lipinski definition) is 2. The van der Waals surface area contributed by atoms with E-state index in [2.05, 4.69) is 15.5 Å². The van der Waals surface area contributed by atoms with E-state index in [1.54, 1.807) is 0 Å². The molecule has 0 aliphatic carbocycles. The van der Waals surface area contributed by atoms with Crippen LogP contribution in [0.3, 0.4) is 0 Å². The van der Waals surface area contributed by atoms with E-state index >= 15 is 0 Å². The Morgan fingerprint density at radius 1 is 1.40 bits per heavy atom. The number of amides is 1. The molecule has 20 heavy (non-hydrogen) atoms. The third-order valence-corrected chi connectivity index (χ3v) is 3.06. The highest BCUT2D eigenvalue weighted by atomic mass is 16.5. The van der Waals surface area contributed by atoms with Crippen molar-refractivity contribution < 1.29 is 14.4 Å². The van der Waals surface area contributed by atoms with Crippen molar-refractivity contribution in [2.24, 2.45) is 5.41 Å². The minimum absolute atomic E-state index is 0.127. The molecule has 0 radical (unpaired) electrons. The van der Waals surface area contributed by atoms with Gasteiger partial charge in [-0.15, -0.1) is 0 Å². The van der Waals surface area contributed by atoms with Crippen LogP contribution in [0.2, 0.25) is 0 Å².